The molecule has 0 fully saturated rings. The smallest absolute Gasteiger partial charge is 0.328 e. The third-order valence-corrected chi connectivity index (χ3v) is 2.92. The highest BCUT2D eigenvalue weighted by atomic mass is 19.1. The van der Waals surface area contributed by atoms with E-state index in [9.17, 15) is 9.18 Å². The van der Waals surface area contributed by atoms with Gasteiger partial charge in [0.2, 0.25) is 0 Å². The Labute approximate surface area is 107 Å². The zero-order valence-corrected chi connectivity index (χ0v) is 11.1. The number of rotatable bonds is 6. The van der Waals surface area contributed by atoms with E-state index in [1.807, 2.05) is 13.8 Å². The van der Waals surface area contributed by atoms with Crippen LogP contribution in [0.2, 0.25) is 0 Å². The second-order valence-electron chi connectivity index (χ2n) is 4.27. The summed E-state index contributed by atoms with van der Waals surface area (Å²) in [5, 5.41) is 3.10. The molecule has 2 unspecified atom stereocenters. The number of esters is 1. The van der Waals surface area contributed by atoms with Crippen LogP contribution in [0, 0.1) is 11.7 Å². The molecular weight excluding hydrogens is 233 g/mol. The zero-order chi connectivity index (χ0) is 13.5. The van der Waals surface area contributed by atoms with Crippen molar-refractivity contribution in [3.05, 3.63) is 30.1 Å². The zero-order valence-electron chi connectivity index (χ0n) is 11.1. The number of nitrogens with one attached hydrogen (secondary N) is 1. The van der Waals surface area contributed by atoms with Crippen molar-refractivity contribution in [2.24, 2.45) is 5.92 Å². The summed E-state index contributed by atoms with van der Waals surface area (Å²) in [5.74, 6) is -0.415. The summed E-state index contributed by atoms with van der Waals surface area (Å²) in [4.78, 5) is 11.9. The van der Waals surface area contributed by atoms with Crippen LogP contribution >= 0.6 is 0 Å². The highest BCUT2D eigenvalue weighted by Gasteiger charge is 2.25. The van der Waals surface area contributed by atoms with Crippen LogP contribution in [0.25, 0.3) is 0 Å². The monoisotopic (exact) mass is 253 g/mol. The summed E-state index contributed by atoms with van der Waals surface area (Å²) in [6.07, 6.45) is 0.859. The van der Waals surface area contributed by atoms with Crippen LogP contribution in [0.5, 0.6) is 0 Å². The van der Waals surface area contributed by atoms with Crippen molar-refractivity contribution in [2.45, 2.75) is 33.2 Å². The number of carbonyl (C=O) groups excluding carboxylic acids is 1. The van der Waals surface area contributed by atoms with E-state index in [0.717, 1.165) is 12.1 Å². The number of hydrogen-bond donors (Lipinski definition) is 1. The Morgan fingerprint density at radius 3 is 2.44 bits per heavy atom. The van der Waals surface area contributed by atoms with Crippen LogP contribution in [0.4, 0.5) is 10.1 Å². The number of benzene rings is 1. The predicted molar refractivity (Wildman–Crippen MR) is 69.9 cm³/mol. The van der Waals surface area contributed by atoms with Crippen LogP contribution in [0.1, 0.15) is 27.2 Å². The van der Waals surface area contributed by atoms with Gasteiger partial charge in [-0.15, -0.1) is 0 Å². The van der Waals surface area contributed by atoms with E-state index in [0.29, 0.717) is 6.61 Å². The Morgan fingerprint density at radius 1 is 1.33 bits per heavy atom. The summed E-state index contributed by atoms with van der Waals surface area (Å²) >= 11 is 0. The van der Waals surface area contributed by atoms with Gasteiger partial charge in [0.25, 0.3) is 0 Å². The molecule has 0 aromatic heterocycles. The van der Waals surface area contributed by atoms with Crippen molar-refractivity contribution in [2.75, 3.05) is 11.9 Å². The van der Waals surface area contributed by atoms with Gasteiger partial charge in [-0.3, -0.25) is 0 Å². The van der Waals surface area contributed by atoms with Crippen LogP contribution in [0.3, 0.4) is 0 Å². The molecule has 0 amide bonds. The molecular formula is C14H20FNO2. The first-order chi connectivity index (χ1) is 8.58. The third kappa shape index (κ3) is 4.02. The van der Waals surface area contributed by atoms with Crippen molar-refractivity contribution in [1.29, 1.82) is 0 Å². The molecule has 1 aromatic rings. The second-order valence-corrected chi connectivity index (χ2v) is 4.27. The first-order valence-corrected chi connectivity index (χ1v) is 6.27. The Hall–Kier alpha value is -1.58. The molecule has 0 aliphatic carbocycles. The van der Waals surface area contributed by atoms with E-state index in [2.05, 4.69) is 5.32 Å². The standard InChI is InChI=1S/C14H20FNO2/c1-4-10(3)13(14(17)18-5-2)16-12-8-6-11(15)7-9-12/h6-10,13,16H,4-5H2,1-3H3. The minimum absolute atomic E-state index is 0.147. The highest BCUT2D eigenvalue weighted by molar-refractivity contribution is 5.79. The van der Waals surface area contributed by atoms with Crippen molar-refractivity contribution < 1.29 is 13.9 Å². The van der Waals surface area contributed by atoms with E-state index in [4.69, 9.17) is 4.74 Å². The molecule has 0 saturated heterocycles. The average molecular weight is 253 g/mol. The quantitative estimate of drug-likeness (QED) is 0.791. The Balaban J connectivity index is 2.77. The van der Waals surface area contributed by atoms with Gasteiger partial charge in [-0.25, -0.2) is 9.18 Å². The van der Waals surface area contributed by atoms with Crippen molar-refractivity contribution >= 4 is 11.7 Å². The van der Waals surface area contributed by atoms with E-state index in [1.54, 1.807) is 19.1 Å². The van der Waals surface area contributed by atoms with E-state index < -0.39 is 6.04 Å². The lowest BCUT2D eigenvalue weighted by atomic mass is 9.99. The second kappa shape index (κ2) is 6.99. The van der Waals surface area contributed by atoms with Gasteiger partial charge in [-0.2, -0.15) is 0 Å². The SMILES string of the molecule is CCOC(=O)C(Nc1ccc(F)cc1)C(C)CC. The molecule has 0 aliphatic heterocycles. The van der Waals surface area contributed by atoms with Crippen LogP contribution in [-0.2, 0) is 9.53 Å². The fourth-order valence-electron chi connectivity index (χ4n) is 1.63. The van der Waals surface area contributed by atoms with Gasteiger partial charge in [0.15, 0.2) is 0 Å². The number of halogens is 1. The fraction of sp³-hybridized carbons (Fsp3) is 0.500. The molecule has 1 N–H and O–H groups in total. The predicted octanol–water partition coefficient (Wildman–Crippen LogP) is 3.22. The van der Waals surface area contributed by atoms with Crippen LogP contribution in [0.15, 0.2) is 24.3 Å². The van der Waals surface area contributed by atoms with Gasteiger partial charge in [0.05, 0.1) is 6.61 Å². The van der Waals surface area contributed by atoms with Gasteiger partial charge in [0.1, 0.15) is 11.9 Å². The molecule has 2 atom stereocenters. The number of hydrogen-bond acceptors (Lipinski definition) is 3. The largest absolute Gasteiger partial charge is 0.464 e. The lowest BCUT2D eigenvalue weighted by Gasteiger charge is -2.23. The van der Waals surface area contributed by atoms with Gasteiger partial charge >= 0.3 is 5.97 Å². The minimum Gasteiger partial charge on any atom is -0.464 e. The van der Waals surface area contributed by atoms with Gasteiger partial charge in [0, 0.05) is 5.69 Å². The van der Waals surface area contributed by atoms with Gasteiger partial charge in [-0.1, -0.05) is 20.3 Å². The molecule has 0 spiro atoms. The molecule has 1 aromatic carbocycles. The van der Waals surface area contributed by atoms with E-state index >= 15 is 0 Å². The molecule has 18 heavy (non-hydrogen) atoms. The first-order valence-electron chi connectivity index (χ1n) is 6.27. The third-order valence-electron chi connectivity index (χ3n) is 2.92. The Kier molecular flexibility index (Phi) is 5.62. The lowest BCUT2D eigenvalue weighted by molar-refractivity contribution is -0.145. The average Bonchev–Trinajstić information content (AvgIpc) is 2.37. The molecule has 0 aliphatic rings. The summed E-state index contributed by atoms with van der Waals surface area (Å²) < 4.78 is 17.9. The maximum Gasteiger partial charge on any atom is 0.328 e. The lowest BCUT2D eigenvalue weighted by Crippen LogP contribution is -2.37. The molecule has 100 valence electrons. The summed E-state index contributed by atoms with van der Waals surface area (Å²) in [6, 6.07) is 5.55. The highest BCUT2D eigenvalue weighted by Crippen LogP contribution is 2.17. The summed E-state index contributed by atoms with van der Waals surface area (Å²) in [7, 11) is 0. The molecule has 0 saturated carbocycles. The van der Waals surface area contributed by atoms with Crippen LogP contribution < -0.4 is 5.32 Å². The maximum absolute atomic E-state index is 12.8. The van der Waals surface area contributed by atoms with Crippen molar-refractivity contribution in [1.82, 2.24) is 0 Å². The van der Waals surface area contributed by atoms with Crippen molar-refractivity contribution in [3.63, 3.8) is 0 Å². The molecule has 4 heteroatoms. The van der Waals surface area contributed by atoms with Gasteiger partial charge in [-0.05, 0) is 37.1 Å². The minimum atomic E-state index is -0.402. The summed E-state index contributed by atoms with van der Waals surface area (Å²) in [5.41, 5.74) is 0.717. The molecule has 0 heterocycles. The fourth-order valence-corrected chi connectivity index (χ4v) is 1.63. The number of anilines is 1. The molecule has 1 rings (SSSR count). The molecule has 3 nitrogen and oxygen atoms in total. The molecule has 0 radical (unpaired) electrons. The number of carbonyl (C=O) groups is 1. The summed E-state index contributed by atoms with van der Waals surface area (Å²) in [6.45, 7) is 6.14. The Morgan fingerprint density at radius 2 is 1.94 bits per heavy atom. The van der Waals surface area contributed by atoms with E-state index in [1.165, 1.54) is 12.1 Å². The van der Waals surface area contributed by atoms with Crippen LogP contribution in [-0.4, -0.2) is 18.6 Å². The van der Waals surface area contributed by atoms with Crippen molar-refractivity contribution in [3.8, 4) is 0 Å². The topological polar surface area (TPSA) is 38.3 Å². The van der Waals surface area contributed by atoms with Gasteiger partial charge < -0.3 is 10.1 Å². The normalized spacial score (nSPS) is 13.8. The number of ether oxygens (including phenoxy) is 1. The molecule has 0 bridgehead atoms. The van der Waals surface area contributed by atoms with E-state index in [-0.39, 0.29) is 17.7 Å². The maximum atomic E-state index is 12.8. The Bertz CT molecular complexity index is 378. The first kappa shape index (κ1) is 14.5.